The minimum Gasteiger partial charge on any atom is -0.468 e. The number of fused-ring (bicyclic) bond motifs is 1. The van der Waals surface area contributed by atoms with Crippen LogP contribution in [0.4, 0.5) is 4.39 Å². The van der Waals surface area contributed by atoms with Gasteiger partial charge in [-0.15, -0.1) is 0 Å². The Bertz CT molecular complexity index is 1030. The van der Waals surface area contributed by atoms with Gasteiger partial charge in [-0.1, -0.05) is 16.8 Å². The maximum atomic E-state index is 13.7. The number of aliphatic hydroxyl groups excluding tert-OH is 1. The molecule has 1 aromatic carbocycles. The maximum absolute atomic E-state index is 13.7. The van der Waals surface area contributed by atoms with E-state index < -0.39 is 17.5 Å². The van der Waals surface area contributed by atoms with E-state index in [1.54, 1.807) is 12.3 Å². The molecule has 0 amide bonds. The van der Waals surface area contributed by atoms with Gasteiger partial charge in [0.25, 0.3) is 5.89 Å². The lowest BCUT2D eigenvalue weighted by molar-refractivity contribution is -0.118. The summed E-state index contributed by atoms with van der Waals surface area (Å²) in [5.41, 5.74) is 1.40. The Morgan fingerprint density at radius 2 is 2.07 bits per heavy atom. The molecule has 0 saturated heterocycles. The number of halogens is 2. The number of rotatable bonds is 2. The monoisotopic (exact) mass is 387 g/mol. The van der Waals surface area contributed by atoms with Crippen molar-refractivity contribution in [2.45, 2.75) is 37.4 Å². The molecule has 138 valence electrons. The van der Waals surface area contributed by atoms with Crippen LogP contribution in [-0.2, 0) is 6.42 Å². The molecule has 3 heterocycles. The standard InChI is InChI=1S/C19H15ClFN3O3/c20-13-3-2-10(7-14(13)21)16-23-18(27-24-16)12-6-11-8-15(25)19(4-1-5-19)26-17(11)22-9-12/h2-3,6-7,9,15,25H,1,4-5,8H2. The lowest BCUT2D eigenvalue weighted by atomic mass is 9.73. The third kappa shape index (κ3) is 2.69. The van der Waals surface area contributed by atoms with Crippen LogP contribution in [0, 0.1) is 5.82 Å². The second kappa shape index (κ2) is 6.00. The Hall–Kier alpha value is -2.51. The number of aliphatic hydroxyl groups is 1. The summed E-state index contributed by atoms with van der Waals surface area (Å²) in [6.07, 6.45) is 4.28. The van der Waals surface area contributed by atoms with Gasteiger partial charge >= 0.3 is 0 Å². The van der Waals surface area contributed by atoms with Gasteiger partial charge in [-0.05, 0) is 43.5 Å². The number of nitrogens with zero attached hydrogens (tertiary/aromatic N) is 3. The van der Waals surface area contributed by atoms with Crippen LogP contribution in [0.2, 0.25) is 5.02 Å². The maximum Gasteiger partial charge on any atom is 0.259 e. The van der Waals surface area contributed by atoms with Crippen LogP contribution in [0.3, 0.4) is 0 Å². The van der Waals surface area contributed by atoms with Crippen LogP contribution in [0.25, 0.3) is 22.8 Å². The molecule has 1 fully saturated rings. The molecule has 6 nitrogen and oxygen atoms in total. The van der Waals surface area contributed by atoms with E-state index >= 15 is 0 Å². The molecule has 1 aliphatic carbocycles. The normalized spacial score (nSPS) is 20.0. The summed E-state index contributed by atoms with van der Waals surface area (Å²) in [6.45, 7) is 0. The quantitative estimate of drug-likeness (QED) is 0.720. The second-order valence-corrected chi connectivity index (χ2v) is 7.39. The molecule has 2 aliphatic rings. The van der Waals surface area contributed by atoms with Gasteiger partial charge in [0.05, 0.1) is 16.7 Å². The van der Waals surface area contributed by atoms with Crippen molar-refractivity contribution in [2.75, 3.05) is 0 Å². The highest BCUT2D eigenvalue weighted by Gasteiger charge is 2.49. The third-order valence-corrected chi connectivity index (χ3v) is 5.60. The predicted molar refractivity (Wildman–Crippen MR) is 94.9 cm³/mol. The largest absolute Gasteiger partial charge is 0.468 e. The zero-order valence-corrected chi connectivity index (χ0v) is 14.9. The van der Waals surface area contributed by atoms with Gasteiger partial charge in [-0.25, -0.2) is 9.37 Å². The summed E-state index contributed by atoms with van der Waals surface area (Å²) in [5, 5.41) is 14.4. The molecule has 5 rings (SSSR count). The second-order valence-electron chi connectivity index (χ2n) is 6.98. The molecule has 1 aliphatic heterocycles. The molecule has 3 aromatic rings. The SMILES string of the molecule is OC1Cc2cc(-c3nc(-c4ccc(Cl)c(F)c4)no3)cnc2OC12CCC2. The van der Waals surface area contributed by atoms with Crippen LogP contribution in [0.1, 0.15) is 24.8 Å². The highest BCUT2D eigenvalue weighted by atomic mass is 35.5. The van der Waals surface area contributed by atoms with E-state index in [4.69, 9.17) is 20.9 Å². The smallest absolute Gasteiger partial charge is 0.259 e. The Morgan fingerprint density at radius 3 is 2.81 bits per heavy atom. The lowest BCUT2D eigenvalue weighted by Gasteiger charge is -2.47. The molecule has 1 spiro atoms. The fourth-order valence-electron chi connectivity index (χ4n) is 3.56. The molecule has 1 saturated carbocycles. The minimum atomic E-state index is -0.550. The Morgan fingerprint density at radius 1 is 1.22 bits per heavy atom. The van der Waals surface area contributed by atoms with Crippen LogP contribution in [0.15, 0.2) is 35.0 Å². The number of pyridine rings is 1. The summed E-state index contributed by atoms with van der Waals surface area (Å²) in [4.78, 5) is 8.69. The molecular weight excluding hydrogens is 373 g/mol. The highest BCUT2D eigenvalue weighted by Crippen LogP contribution is 2.44. The van der Waals surface area contributed by atoms with Crippen molar-refractivity contribution in [1.82, 2.24) is 15.1 Å². The van der Waals surface area contributed by atoms with Crippen molar-refractivity contribution in [3.05, 3.63) is 46.9 Å². The van der Waals surface area contributed by atoms with E-state index in [0.29, 0.717) is 23.4 Å². The Labute approximate surface area is 159 Å². The lowest BCUT2D eigenvalue weighted by Crippen LogP contribution is -2.56. The first kappa shape index (κ1) is 16.6. The van der Waals surface area contributed by atoms with E-state index in [9.17, 15) is 9.50 Å². The van der Waals surface area contributed by atoms with Gasteiger partial charge < -0.3 is 14.4 Å². The summed E-state index contributed by atoms with van der Waals surface area (Å²) in [5.74, 6) is 0.507. The van der Waals surface area contributed by atoms with Crippen LogP contribution >= 0.6 is 11.6 Å². The molecule has 27 heavy (non-hydrogen) atoms. The van der Waals surface area contributed by atoms with Gasteiger partial charge in [-0.2, -0.15) is 4.98 Å². The average Bonchev–Trinajstić information content (AvgIpc) is 3.11. The van der Waals surface area contributed by atoms with E-state index in [1.165, 1.54) is 12.1 Å². The van der Waals surface area contributed by atoms with Gasteiger partial charge in [-0.3, -0.25) is 0 Å². The fourth-order valence-corrected chi connectivity index (χ4v) is 3.68. The van der Waals surface area contributed by atoms with Crippen molar-refractivity contribution in [2.24, 2.45) is 0 Å². The molecule has 2 aromatic heterocycles. The predicted octanol–water partition coefficient (Wildman–Crippen LogP) is 3.81. The molecule has 1 N–H and O–H groups in total. The molecule has 1 unspecified atom stereocenters. The number of hydrogen-bond acceptors (Lipinski definition) is 6. The number of ether oxygens (including phenoxy) is 1. The van der Waals surface area contributed by atoms with E-state index in [1.807, 2.05) is 6.07 Å². The number of aromatic nitrogens is 3. The van der Waals surface area contributed by atoms with E-state index in [0.717, 1.165) is 24.8 Å². The number of benzene rings is 1. The Balaban J connectivity index is 1.45. The van der Waals surface area contributed by atoms with Gasteiger partial charge in [0.1, 0.15) is 11.4 Å². The summed E-state index contributed by atoms with van der Waals surface area (Å²) < 4.78 is 24.9. The van der Waals surface area contributed by atoms with E-state index in [-0.39, 0.29) is 16.7 Å². The van der Waals surface area contributed by atoms with E-state index in [2.05, 4.69) is 15.1 Å². The fraction of sp³-hybridized carbons (Fsp3) is 0.316. The first-order valence-electron chi connectivity index (χ1n) is 8.70. The van der Waals surface area contributed by atoms with Crippen molar-refractivity contribution in [3.8, 4) is 28.7 Å². The van der Waals surface area contributed by atoms with Crippen molar-refractivity contribution >= 4 is 11.6 Å². The molecule has 8 heteroatoms. The number of hydrogen-bond donors (Lipinski definition) is 1. The van der Waals surface area contributed by atoms with Crippen molar-refractivity contribution < 1.29 is 18.8 Å². The van der Waals surface area contributed by atoms with Crippen molar-refractivity contribution in [3.63, 3.8) is 0 Å². The Kier molecular flexibility index (Phi) is 3.70. The zero-order chi connectivity index (χ0) is 18.6. The molecule has 0 radical (unpaired) electrons. The summed E-state index contributed by atoms with van der Waals surface area (Å²) in [6, 6.07) is 6.15. The van der Waals surface area contributed by atoms with Crippen LogP contribution in [0.5, 0.6) is 5.88 Å². The van der Waals surface area contributed by atoms with Gasteiger partial charge in [0.15, 0.2) is 0 Å². The molecule has 1 atom stereocenters. The molecular formula is C19H15ClFN3O3. The third-order valence-electron chi connectivity index (χ3n) is 5.30. The average molecular weight is 388 g/mol. The highest BCUT2D eigenvalue weighted by molar-refractivity contribution is 6.30. The van der Waals surface area contributed by atoms with Crippen LogP contribution in [-0.4, -0.2) is 31.9 Å². The molecule has 0 bridgehead atoms. The summed E-state index contributed by atoms with van der Waals surface area (Å²) in [7, 11) is 0. The van der Waals surface area contributed by atoms with Crippen molar-refractivity contribution in [1.29, 1.82) is 0 Å². The first-order chi connectivity index (χ1) is 13.0. The summed E-state index contributed by atoms with van der Waals surface area (Å²) >= 11 is 5.70. The van der Waals surface area contributed by atoms with Gasteiger partial charge in [0, 0.05) is 23.7 Å². The van der Waals surface area contributed by atoms with Crippen LogP contribution < -0.4 is 4.74 Å². The first-order valence-corrected chi connectivity index (χ1v) is 9.07. The van der Waals surface area contributed by atoms with Gasteiger partial charge in [0.2, 0.25) is 11.7 Å². The zero-order valence-electron chi connectivity index (χ0n) is 14.2. The minimum absolute atomic E-state index is 0.0316. The topological polar surface area (TPSA) is 81.3 Å².